The number of benzene rings is 3. The number of fused-ring (bicyclic) bond motifs is 1. The Morgan fingerprint density at radius 2 is 1.68 bits per heavy atom. The average molecular weight is 573 g/mol. The fraction of sp³-hybridized carbons (Fsp3) is 0.167. The predicted octanol–water partition coefficient (Wildman–Crippen LogP) is 5.76. The summed E-state index contributed by atoms with van der Waals surface area (Å²) in [5, 5.41) is 0.510. The van der Waals surface area contributed by atoms with Crippen molar-refractivity contribution in [1.29, 1.82) is 0 Å². The molecule has 0 spiro atoms. The molecule has 0 aliphatic heterocycles. The van der Waals surface area contributed by atoms with Crippen LogP contribution in [0.15, 0.2) is 102 Å². The van der Waals surface area contributed by atoms with Crippen molar-refractivity contribution in [3.63, 3.8) is 0 Å². The van der Waals surface area contributed by atoms with Gasteiger partial charge in [-0.2, -0.15) is 4.31 Å². The van der Waals surface area contributed by atoms with Gasteiger partial charge in [0.15, 0.2) is 5.13 Å². The molecule has 0 radical (unpaired) electrons. The first-order valence-electron chi connectivity index (χ1n) is 12.7. The van der Waals surface area contributed by atoms with Crippen molar-refractivity contribution in [2.45, 2.75) is 24.9 Å². The molecular weight excluding hydrogens is 544 g/mol. The minimum atomic E-state index is -3.76. The van der Waals surface area contributed by atoms with Gasteiger partial charge in [0.2, 0.25) is 10.0 Å². The molecule has 0 bridgehead atoms. The fourth-order valence-corrected chi connectivity index (χ4v) is 6.63. The molecule has 0 aliphatic rings. The molecule has 2 heterocycles. The zero-order valence-electron chi connectivity index (χ0n) is 22.1. The van der Waals surface area contributed by atoms with Gasteiger partial charge in [0.25, 0.3) is 5.91 Å². The van der Waals surface area contributed by atoms with Crippen molar-refractivity contribution in [3.8, 4) is 5.75 Å². The van der Waals surface area contributed by atoms with Crippen molar-refractivity contribution in [1.82, 2.24) is 14.3 Å². The first-order chi connectivity index (χ1) is 19.4. The lowest BCUT2D eigenvalue weighted by atomic mass is 10.2. The number of hydrogen-bond donors (Lipinski definition) is 0. The molecule has 204 valence electrons. The summed E-state index contributed by atoms with van der Waals surface area (Å²) in [7, 11) is -2.17. The molecule has 0 unspecified atom stereocenters. The number of anilines is 1. The van der Waals surface area contributed by atoms with E-state index in [2.05, 4.69) is 4.98 Å². The second-order valence-corrected chi connectivity index (χ2v) is 11.9. The molecule has 0 atom stereocenters. The third kappa shape index (κ3) is 5.89. The van der Waals surface area contributed by atoms with Crippen molar-refractivity contribution in [2.24, 2.45) is 0 Å². The summed E-state index contributed by atoms with van der Waals surface area (Å²) < 4.78 is 34.5. The number of thiazole rings is 1. The van der Waals surface area contributed by atoms with Gasteiger partial charge < -0.3 is 4.74 Å². The highest BCUT2D eigenvalue weighted by atomic mass is 32.2. The second kappa shape index (κ2) is 12.0. The van der Waals surface area contributed by atoms with Crippen LogP contribution in [0.1, 0.15) is 28.5 Å². The molecule has 1 amide bonds. The second-order valence-electron chi connectivity index (χ2n) is 8.98. The molecule has 3 aromatic carbocycles. The number of hydrogen-bond acceptors (Lipinski definition) is 7. The van der Waals surface area contributed by atoms with Crippen LogP contribution in [0.25, 0.3) is 10.2 Å². The number of sulfonamides is 1. The monoisotopic (exact) mass is 572 g/mol. The van der Waals surface area contributed by atoms with Crippen molar-refractivity contribution < 1.29 is 17.9 Å². The lowest BCUT2D eigenvalue weighted by molar-refractivity contribution is 0.0984. The van der Waals surface area contributed by atoms with Crippen LogP contribution in [-0.4, -0.2) is 42.3 Å². The van der Waals surface area contributed by atoms with Gasteiger partial charge in [-0.25, -0.2) is 13.4 Å². The quantitative estimate of drug-likeness (QED) is 0.211. The Labute approximate surface area is 237 Å². The molecule has 0 saturated heterocycles. The number of methoxy groups -OCH3 is 1. The van der Waals surface area contributed by atoms with Crippen molar-refractivity contribution in [2.75, 3.05) is 18.6 Å². The van der Waals surface area contributed by atoms with E-state index < -0.39 is 10.0 Å². The summed E-state index contributed by atoms with van der Waals surface area (Å²) >= 11 is 1.39. The van der Waals surface area contributed by atoms with Crippen LogP contribution in [0.2, 0.25) is 0 Å². The van der Waals surface area contributed by atoms with Crippen molar-refractivity contribution in [3.05, 3.63) is 114 Å². The highest BCUT2D eigenvalue weighted by Gasteiger charge is 2.26. The van der Waals surface area contributed by atoms with E-state index in [1.165, 1.54) is 27.8 Å². The van der Waals surface area contributed by atoms with Crippen LogP contribution in [-0.2, 0) is 23.1 Å². The van der Waals surface area contributed by atoms with E-state index in [0.29, 0.717) is 28.7 Å². The third-order valence-electron chi connectivity index (χ3n) is 6.40. The molecule has 10 heteroatoms. The topological polar surface area (TPSA) is 92.7 Å². The largest absolute Gasteiger partial charge is 0.497 e. The van der Waals surface area contributed by atoms with Crippen LogP contribution in [0.4, 0.5) is 5.13 Å². The van der Waals surface area contributed by atoms with Gasteiger partial charge >= 0.3 is 0 Å². The number of rotatable bonds is 10. The summed E-state index contributed by atoms with van der Waals surface area (Å²) in [4.78, 5) is 24.6. The first-order valence-corrected chi connectivity index (χ1v) is 14.9. The Balaban J connectivity index is 1.44. The lowest BCUT2D eigenvalue weighted by Gasteiger charge is -2.22. The van der Waals surface area contributed by atoms with E-state index in [-0.39, 0.29) is 23.9 Å². The maximum absolute atomic E-state index is 13.8. The Morgan fingerprint density at radius 3 is 2.35 bits per heavy atom. The van der Waals surface area contributed by atoms with E-state index in [4.69, 9.17) is 9.72 Å². The Bertz CT molecular complexity index is 1710. The van der Waals surface area contributed by atoms with E-state index in [1.54, 1.807) is 30.3 Å². The normalized spacial score (nSPS) is 11.6. The molecule has 40 heavy (non-hydrogen) atoms. The van der Waals surface area contributed by atoms with Gasteiger partial charge in [-0.05, 0) is 54.1 Å². The predicted molar refractivity (Wildman–Crippen MR) is 157 cm³/mol. The van der Waals surface area contributed by atoms with Crippen LogP contribution in [0, 0.1) is 0 Å². The molecule has 5 aromatic rings. The minimum absolute atomic E-state index is 0.130. The molecule has 5 rings (SSSR count). The van der Waals surface area contributed by atoms with Gasteiger partial charge in [-0.3, -0.25) is 14.7 Å². The first kappa shape index (κ1) is 27.4. The number of carbonyl (C=O) groups excluding carboxylic acids is 1. The van der Waals surface area contributed by atoms with Crippen molar-refractivity contribution >= 4 is 42.6 Å². The summed E-state index contributed by atoms with van der Waals surface area (Å²) in [5.41, 5.74) is 2.67. The molecule has 2 aromatic heterocycles. The van der Waals surface area contributed by atoms with Crippen LogP contribution >= 0.6 is 11.3 Å². The molecule has 0 aliphatic carbocycles. The maximum Gasteiger partial charge on any atom is 0.260 e. The van der Waals surface area contributed by atoms with Gasteiger partial charge in [-0.1, -0.05) is 54.7 Å². The van der Waals surface area contributed by atoms with E-state index in [1.807, 2.05) is 73.7 Å². The number of nitrogens with zero attached hydrogens (tertiary/aromatic N) is 4. The van der Waals surface area contributed by atoms with Crippen LogP contribution < -0.4 is 9.64 Å². The highest BCUT2D eigenvalue weighted by molar-refractivity contribution is 7.89. The molecule has 0 saturated carbocycles. The summed E-state index contributed by atoms with van der Waals surface area (Å²) in [5.74, 6) is 0.370. The van der Waals surface area contributed by atoms with Gasteiger partial charge in [0, 0.05) is 30.9 Å². The average Bonchev–Trinajstić information content (AvgIpc) is 3.42. The standard InChI is InChI=1S/C30H28N4O4S2/c1-3-33(20-22-9-5-4-6-10-22)40(36,37)26-15-12-23(13-16-26)29(35)34(21-24-11-7-8-18-31-24)30-32-27-19-25(38-2)14-17-28(27)39-30/h4-19H,3,20-21H2,1-2H3. The number of aromatic nitrogens is 2. The van der Waals surface area contributed by atoms with E-state index >= 15 is 0 Å². The number of ether oxygens (including phenoxy) is 1. The molecule has 8 nitrogen and oxygen atoms in total. The SMILES string of the molecule is CCN(Cc1ccccc1)S(=O)(=O)c1ccc(C(=O)N(Cc2ccccn2)c2nc3cc(OC)ccc3s2)cc1. The Hall–Kier alpha value is -4.12. The summed E-state index contributed by atoms with van der Waals surface area (Å²) in [6, 6.07) is 26.6. The number of pyridine rings is 1. The van der Waals surface area contributed by atoms with Crippen LogP contribution in [0.5, 0.6) is 5.75 Å². The summed E-state index contributed by atoms with van der Waals surface area (Å²) in [6.07, 6.45) is 1.68. The van der Waals surface area contributed by atoms with Gasteiger partial charge in [0.1, 0.15) is 5.75 Å². The highest BCUT2D eigenvalue weighted by Crippen LogP contribution is 2.33. The maximum atomic E-state index is 13.8. The number of carbonyl (C=O) groups is 1. The van der Waals surface area contributed by atoms with Gasteiger partial charge in [-0.15, -0.1) is 0 Å². The zero-order chi connectivity index (χ0) is 28.1. The van der Waals surface area contributed by atoms with Gasteiger partial charge in [0.05, 0.1) is 34.5 Å². The molecule has 0 fully saturated rings. The Kier molecular flexibility index (Phi) is 8.20. The van der Waals surface area contributed by atoms with Crippen LogP contribution in [0.3, 0.4) is 0 Å². The third-order valence-corrected chi connectivity index (χ3v) is 9.39. The smallest absolute Gasteiger partial charge is 0.260 e. The van der Waals surface area contributed by atoms with E-state index in [9.17, 15) is 13.2 Å². The number of amides is 1. The zero-order valence-corrected chi connectivity index (χ0v) is 23.7. The minimum Gasteiger partial charge on any atom is -0.497 e. The molecular formula is C30H28N4O4S2. The summed E-state index contributed by atoms with van der Waals surface area (Å²) in [6.45, 7) is 2.59. The lowest BCUT2D eigenvalue weighted by Crippen LogP contribution is -2.31. The molecule has 0 N–H and O–H groups in total. The Morgan fingerprint density at radius 1 is 0.925 bits per heavy atom. The van der Waals surface area contributed by atoms with E-state index in [0.717, 1.165) is 15.8 Å². The fourth-order valence-electron chi connectivity index (χ4n) is 4.25.